The van der Waals surface area contributed by atoms with Gasteiger partial charge in [-0.1, -0.05) is 19.1 Å². The molecular formula is C23H23N3O5S. The van der Waals surface area contributed by atoms with Gasteiger partial charge in [0.2, 0.25) is 0 Å². The van der Waals surface area contributed by atoms with Crippen LogP contribution in [-0.2, 0) is 11.3 Å². The monoisotopic (exact) mass is 453 g/mol. The molecule has 0 aliphatic carbocycles. The summed E-state index contributed by atoms with van der Waals surface area (Å²) in [5.41, 5.74) is 2.46. The van der Waals surface area contributed by atoms with Gasteiger partial charge in [0.25, 0.3) is 0 Å². The van der Waals surface area contributed by atoms with E-state index in [4.69, 9.17) is 9.47 Å². The first-order chi connectivity index (χ1) is 15.4. The van der Waals surface area contributed by atoms with Crippen LogP contribution in [0.5, 0.6) is 11.5 Å². The van der Waals surface area contributed by atoms with Crippen LogP contribution in [0.4, 0.5) is 10.5 Å². The maximum atomic E-state index is 12.3. The van der Waals surface area contributed by atoms with Crippen molar-refractivity contribution in [3.63, 3.8) is 0 Å². The maximum Gasteiger partial charge on any atom is 0.350 e. The normalized spacial score (nSPS) is 10.3. The standard InChI is InChI=1S/C23H23N3O5S/c1-4-19(27)18-11-17(9-10-24-18)31-16-7-5-15(6-8-16)12-25-23(29)26-20-14(2)13-32-21(20)22(28)30-3/h5-11,13H,4,12H2,1-3H3,(H2,25,26,29). The van der Waals surface area contributed by atoms with E-state index in [0.717, 1.165) is 11.1 Å². The maximum absolute atomic E-state index is 12.3. The lowest BCUT2D eigenvalue weighted by Crippen LogP contribution is -2.28. The van der Waals surface area contributed by atoms with E-state index in [1.165, 1.54) is 24.6 Å². The average molecular weight is 454 g/mol. The third kappa shape index (κ3) is 5.70. The van der Waals surface area contributed by atoms with Gasteiger partial charge in [0.05, 0.1) is 12.8 Å². The van der Waals surface area contributed by atoms with Crippen LogP contribution >= 0.6 is 11.3 Å². The molecule has 0 spiro atoms. The van der Waals surface area contributed by atoms with Crippen molar-refractivity contribution in [2.24, 2.45) is 0 Å². The summed E-state index contributed by atoms with van der Waals surface area (Å²) >= 11 is 1.22. The third-order valence-corrected chi connectivity index (χ3v) is 5.61. The predicted octanol–water partition coefficient (Wildman–Crippen LogP) is 4.94. The Morgan fingerprint density at radius 2 is 1.84 bits per heavy atom. The van der Waals surface area contributed by atoms with Gasteiger partial charge in [0.1, 0.15) is 22.1 Å². The molecule has 0 saturated carbocycles. The Balaban J connectivity index is 1.56. The zero-order valence-corrected chi connectivity index (χ0v) is 18.7. The van der Waals surface area contributed by atoms with Crippen LogP contribution in [0.15, 0.2) is 48.0 Å². The van der Waals surface area contributed by atoms with Gasteiger partial charge in [0.15, 0.2) is 5.78 Å². The van der Waals surface area contributed by atoms with E-state index in [9.17, 15) is 14.4 Å². The summed E-state index contributed by atoms with van der Waals surface area (Å²) in [5.74, 6) is 0.575. The second kappa shape index (κ2) is 10.5. The number of aromatic nitrogens is 1. The van der Waals surface area contributed by atoms with E-state index in [2.05, 4.69) is 15.6 Å². The smallest absolute Gasteiger partial charge is 0.350 e. The molecule has 0 bridgehead atoms. The summed E-state index contributed by atoms with van der Waals surface area (Å²) in [6.07, 6.45) is 1.91. The molecule has 9 heteroatoms. The lowest BCUT2D eigenvalue weighted by atomic mass is 10.2. The largest absolute Gasteiger partial charge is 0.465 e. The third-order valence-electron chi connectivity index (χ3n) is 4.53. The average Bonchev–Trinajstić information content (AvgIpc) is 3.17. The molecule has 2 heterocycles. The van der Waals surface area contributed by atoms with E-state index in [0.29, 0.717) is 34.2 Å². The first-order valence-corrected chi connectivity index (χ1v) is 10.8. The number of esters is 1. The molecule has 0 fully saturated rings. The number of aryl methyl sites for hydroxylation is 1. The molecule has 3 rings (SSSR count). The van der Waals surface area contributed by atoms with Crippen LogP contribution < -0.4 is 15.4 Å². The Morgan fingerprint density at radius 1 is 1.09 bits per heavy atom. The number of ether oxygens (including phenoxy) is 2. The number of pyridine rings is 1. The first-order valence-electron chi connectivity index (χ1n) is 9.88. The molecule has 0 saturated heterocycles. The highest BCUT2D eigenvalue weighted by atomic mass is 32.1. The number of urea groups is 1. The summed E-state index contributed by atoms with van der Waals surface area (Å²) in [6, 6.07) is 10.1. The van der Waals surface area contributed by atoms with E-state index >= 15 is 0 Å². The second-order valence-electron chi connectivity index (χ2n) is 6.82. The molecule has 8 nitrogen and oxygen atoms in total. The van der Waals surface area contributed by atoms with E-state index in [1.807, 2.05) is 12.1 Å². The molecule has 0 aliphatic rings. The summed E-state index contributed by atoms with van der Waals surface area (Å²) in [7, 11) is 1.30. The second-order valence-corrected chi connectivity index (χ2v) is 7.70. The molecule has 1 aromatic carbocycles. The number of carbonyl (C=O) groups excluding carboxylic acids is 3. The molecule has 0 aliphatic heterocycles. The number of nitrogens with zero attached hydrogens (tertiary/aromatic N) is 1. The highest BCUT2D eigenvalue weighted by Gasteiger charge is 2.18. The highest BCUT2D eigenvalue weighted by Crippen LogP contribution is 2.28. The van der Waals surface area contributed by atoms with Crippen molar-refractivity contribution in [3.8, 4) is 11.5 Å². The van der Waals surface area contributed by atoms with Gasteiger partial charge in [-0.25, -0.2) is 9.59 Å². The number of methoxy groups -OCH3 is 1. The van der Waals surface area contributed by atoms with Gasteiger partial charge < -0.3 is 20.1 Å². The highest BCUT2D eigenvalue weighted by molar-refractivity contribution is 7.12. The molecule has 32 heavy (non-hydrogen) atoms. The van der Waals surface area contributed by atoms with Gasteiger partial charge in [-0.05, 0) is 41.6 Å². The van der Waals surface area contributed by atoms with Crippen LogP contribution in [0.3, 0.4) is 0 Å². The molecule has 2 aromatic heterocycles. The molecule has 3 aromatic rings. The molecule has 166 valence electrons. The lowest BCUT2D eigenvalue weighted by molar-refractivity contribution is 0.0607. The molecule has 0 radical (unpaired) electrons. The van der Waals surface area contributed by atoms with E-state index < -0.39 is 12.0 Å². The van der Waals surface area contributed by atoms with Crippen molar-refractivity contribution >= 4 is 34.8 Å². The van der Waals surface area contributed by atoms with E-state index in [-0.39, 0.29) is 12.3 Å². The summed E-state index contributed by atoms with van der Waals surface area (Å²) in [5, 5.41) is 7.25. The van der Waals surface area contributed by atoms with Crippen LogP contribution in [-0.4, -0.2) is 29.9 Å². The van der Waals surface area contributed by atoms with Crippen molar-refractivity contribution < 1.29 is 23.9 Å². The van der Waals surface area contributed by atoms with Crippen molar-refractivity contribution in [2.75, 3.05) is 12.4 Å². The Bertz CT molecular complexity index is 1120. The van der Waals surface area contributed by atoms with Crippen molar-refractivity contribution in [2.45, 2.75) is 26.8 Å². The molecular weight excluding hydrogens is 430 g/mol. The van der Waals surface area contributed by atoms with Crippen molar-refractivity contribution in [3.05, 3.63) is 69.7 Å². The number of Topliss-reactive ketones (excluding diaryl/α,β-unsaturated/α-hetero) is 1. The van der Waals surface area contributed by atoms with E-state index in [1.54, 1.807) is 43.5 Å². The Hall–Kier alpha value is -3.72. The van der Waals surface area contributed by atoms with Gasteiger partial charge in [-0.2, -0.15) is 0 Å². The number of amides is 2. The number of hydrogen-bond acceptors (Lipinski definition) is 7. The molecule has 0 unspecified atom stereocenters. The summed E-state index contributed by atoms with van der Waals surface area (Å²) in [6.45, 7) is 3.87. The first kappa shape index (κ1) is 23.0. The zero-order valence-electron chi connectivity index (χ0n) is 17.9. The number of hydrogen-bond donors (Lipinski definition) is 2. The summed E-state index contributed by atoms with van der Waals surface area (Å²) < 4.78 is 10.5. The fraction of sp³-hybridized carbons (Fsp3) is 0.217. The number of thiophene rings is 1. The fourth-order valence-corrected chi connectivity index (χ4v) is 3.72. The Labute approximate surface area is 189 Å². The number of anilines is 1. The number of ketones is 1. The Kier molecular flexibility index (Phi) is 7.56. The Morgan fingerprint density at radius 3 is 2.53 bits per heavy atom. The fourth-order valence-electron chi connectivity index (χ4n) is 2.80. The summed E-state index contributed by atoms with van der Waals surface area (Å²) in [4.78, 5) is 40.3. The van der Waals surface area contributed by atoms with Crippen LogP contribution in [0, 0.1) is 6.92 Å². The SMILES string of the molecule is CCC(=O)c1cc(Oc2ccc(CNC(=O)Nc3c(C)csc3C(=O)OC)cc2)ccn1. The van der Waals surface area contributed by atoms with Crippen LogP contribution in [0.2, 0.25) is 0 Å². The predicted molar refractivity (Wildman–Crippen MR) is 122 cm³/mol. The number of nitrogens with one attached hydrogen (secondary N) is 2. The van der Waals surface area contributed by atoms with Crippen molar-refractivity contribution in [1.29, 1.82) is 0 Å². The number of benzene rings is 1. The van der Waals surface area contributed by atoms with Crippen LogP contribution in [0.1, 0.15) is 44.6 Å². The van der Waals surface area contributed by atoms with Crippen LogP contribution in [0.25, 0.3) is 0 Å². The quantitative estimate of drug-likeness (QED) is 0.369. The number of carbonyl (C=O) groups is 3. The topological polar surface area (TPSA) is 107 Å². The van der Waals surface area contributed by atoms with Gasteiger partial charge in [-0.3, -0.25) is 9.78 Å². The zero-order chi connectivity index (χ0) is 23.1. The minimum atomic E-state index is -0.491. The van der Waals surface area contributed by atoms with Crippen molar-refractivity contribution in [1.82, 2.24) is 10.3 Å². The minimum Gasteiger partial charge on any atom is -0.465 e. The molecule has 0 atom stereocenters. The molecule has 2 amide bonds. The van der Waals surface area contributed by atoms with Gasteiger partial charge in [-0.15, -0.1) is 11.3 Å². The molecule has 2 N–H and O–H groups in total. The lowest BCUT2D eigenvalue weighted by Gasteiger charge is -2.10. The van der Waals surface area contributed by atoms with Gasteiger partial charge >= 0.3 is 12.0 Å². The minimum absolute atomic E-state index is 0.0495. The van der Waals surface area contributed by atoms with Gasteiger partial charge in [0, 0.05) is 25.2 Å². The number of rotatable bonds is 8.